The van der Waals surface area contributed by atoms with Crippen LogP contribution in [-0.2, 0) is 9.53 Å². The van der Waals surface area contributed by atoms with Crippen molar-refractivity contribution in [1.29, 1.82) is 0 Å². The summed E-state index contributed by atoms with van der Waals surface area (Å²) < 4.78 is 6.36. The van der Waals surface area contributed by atoms with Crippen LogP contribution in [0.1, 0.15) is 11.6 Å². The standard InChI is InChI=1S/C13H13N5O3/c1-7-10(12(20)21-2)11(8-3-5-9(19)6-4-8)18-13(14-7)15-16-17-18/h3-6,10-11,19H,1H2,2H3,(H,14,15,17). The molecule has 2 atom stereocenters. The Labute approximate surface area is 120 Å². The van der Waals surface area contributed by atoms with Gasteiger partial charge in [-0.1, -0.05) is 23.8 Å². The Kier molecular flexibility index (Phi) is 3.05. The van der Waals surface area contributed by atoms with Crippen LogP contribution in [0.15, 0.2) is 36.5 Å². The van der Waals surface area contributed by atoms with Crippen molar-refractivity contribution in [3.8, 4) is 5.75 Å². The summed E-state index contributed by atoms with van der Waals surface area (Å²) in [5.74, 6) is -0.571. The molecule has 1 aromatic carbocycles. The van der Waals surface area contributed by atoms with Crippen LogP contribution < -0.4 is 5.32 Å². The number of hydrogen-bond donors (Lipinski definition) is 2. The molecule has 0 spiro atoms. The summed E-state index contributed by atoms with van der Waals surface area (Å²) in [6, 6.07) is 6.01. The molecule has 0 bridgehead atoms. The second-order valence-corrected chi connectivity index (χ2v) is 4.63. The zero-order valence-corrected chi connectivity index (χ0v) is 11.2. The van der Waals surface area contributed by atoms with E-state index in [0.29, 0.717) is 11.6 Å². The quantitative estimate of drug-likeness (QED) is 0.784. The Morgan fingerprint density at radius 1 is 1.43 bits per heavy atom. The van der Waals surface area contributed by atoms with Crippen LogP contribution in [0.4, 0.5) is 5.95 Å². The molecule has 2 aromatic rings. The van der Waals surface area contributed by atoms with Gasteiger partial charge in [-0.3, -0.25) is 4.79 Å². The first-order chi connectivity index (χ1) is 10.1. The molecule has 0 saturated carbocycles. The molecule has 8 heteroatoms. The Balaban J connectivity index is 2.13. The van der Waals surface area contributed by atoms with Gasteiger partial charge in [-0.05, 0) is 28.1 Å². The lowest BCUT2D eigenvalue weighted by atomic mass is 9.89. The normalized spacial score (nSPS) is 20.5. The first-order valence-electron chi connectivity index (χ1n) is 6.22. The number of nitrogens with zero attached hydrogens (tertiary/aromatic N) is 4. The van der Waals surface area contributed by atoms with E-state index in [0.717, 1.165) is 5.56 Å². The lowest BCUT2D eigenvalue weighted by Gasteiger charge is -2.32. The van der Waals surface area contributed by atoms with Gasteiger partial charge in [-0.25, -0.2) is 4.68 Å². The first kappa shape index (κ1) is 13.1. The lowest BCUT2D eigenvalue weighted by Crippen LogP contribution is -2.37. The number of aromatic nitrogens is 4. The zero-order valence-electron chi connectivity index (χ0n) is 11.2. The van der Waals surface area contributed by atoms with E-state index in [-0.39, 0.29) is 5.75 Å². The van der Waals surface area contributed by atoms with Crippen LogP contribution in [0.3, 0.4) is 0 Å². The maximum absolute atomic E-state index is 12.1. The van der Waals surface area contributed by atoms with Crippen molar-refractivity contribution in [3.05, 3.63) is 42.1 Å². The maximum Gasteiger partial charge on any atom is 0.317 e. The summed E-state index contributed by atoms with van der Waals surface area (Å²) in [5, 5.41) is 23.7. The molecule has 1 aliphatic rings. The van der Waals surface area contributed by atoms with Crippen LogP contribution in [0.2, 0.25) is 0 Å². The molecule has 2 heterocycles. The highest BCUT2D eigenvalue weighted by Gasteiger charge is 2.40. The van der Waals surface area contributed by atoms with E-state index in [1.807, 2.05) is 0 Å². The van der Waals surface area contributed by atoms with Gasteiger partial charge in [-0.15, -0.1) is 0 Å². The average Bonchev–Trinajstić information content (AvgIpc) is 2.94. The lowest BCUT2D eigenvalue weighted by molar-refractivity contribution is -0.145. The van der Waals surface area contributed by atoms with Crippen molar-refractivity contribution < 1.29 is 14.6 Å². The largest absolute Gasteiger partial charge is 0.508 e. The van der Waals surface area contributed by atoms with Gasteiger partial charge >= 0.3 is 5.97 Å². The summed E-state index contributed by atoms with van der Waals surface area (Å²) in [7, 11) is 1.32. The molecular formula is C13H13N5O3. The number of ether oxygens (including phenoxy) is 1. The smallest absolute Gasteiger partial charge is 0.317 e. The Bertz CT molecular complexity index is 694. The molecule has 0 fully saturated rings. The maximum atomic E-state index is 12.1. The monoisotopic (exact) mass is 287 g/mol. The predicted octanol–water partition coefficient (Wildman–Crippen LogP) is 0.696. The van der Waals surface area contributed by atoms with Gasteiger partial charge < -0.3 is 15.2 Å². The third kappa shape index (κ3) is 2.10. The highest BCUT2D eigenvalue weighted by molar-refractivity contribution is 5.78. The molecule has 0 radical (unpaired) electrons. The topological polar surface area (TPSA) is 102 Å². The number of phenols is 1. The van der Waals surface area contributed by atoms with Gasteiger partial charge in [0.1, 0.15) is 17.7 Å². The predicted molar refractivity (Wildman–Crippen MR) is 72.3 cm³/mol. The van der Waals surface area contributed by atoms with Crippen LogP contribution in [0.5, 0.6) is 5.75 Å². The number of carbonyl (C=O) groups is 1. The zero-order chi connectivity index (χ0) is 15.0. The molecular weight excluding hydrogens is 274 g/mol. The van der Waals surface area contributed by atoms with Crippen LogP contribution in [-0.4, -0.2) is 38.4 Å². The van der Waals surface area contributed by atoms with E-state index >= 15 is 0 Å². The number of fused-ring (bicyclic) bond motifs is 1. The summed E-state index contributed by atoms with van der Waals surface area (Å²) >= 11 is 0. The van der Waals surface area contributed by atoms with Crippen molar-refractivity contribution in [2.75, 3.05) is 12.4 Å². The molecule has 3 rings (SSSR count). The fraction of sp³-hybridized carbons (Fsp3) is 0.231. The fourth-order valence-corrected chi connectivity index (χ4v) is 2.42. The number of aromatic hydroxyl groups is 1. The Morgan fingerprint density at radius 2 is 2.14 bits per heavy atom. The minimum absolute atomic E-state index is 0.137. The number of methoxy groups -OCH3 is 1. The van der Waals surface area contributed by atoms with E-state index in [4.69, 9.17) is 4.74 Å². The number of esters is 1. The van der Waals surface area contributed by atoms with Crippen molar-refractivity contribution in [2.24, 2.45) is 5.92 Å². The minimum atomic E-state index is -0.671. The van der Waals surface area contributed by atoms with Gasteiger partial charge in [-0.2, -0.15) is 0 Å². The number of hydrogen-bond acceptors (Lipinski definition) is 7. The van der Waals surface area contributed by atoms with Crippen LogP contribution >= 0.6 is 0 Å². The molecule has 21 heavy (non-hydrogen) atoms. The average molecular weight is 287 g/mol. The van der Waals surface area contributed by atoms with Gasteiger partial charge in [0.25, 0.3) is 0 Å². The minimum Gasteiger partial charge on any atom is -0.508 e. The van der Waals surface area contributed by atoms with Crippen molar-refractivity contribution in [1.82, 2.24) is 20.2 Å². The summed E-state index contributed by atoms with van der Waals surface area (Å²) in [5.41, 5.74) is 1.22. The summed E-state index contributed by atoms with van der Waals surface area (Å²) in [4.78, 5) is 12.1. The van der Waals surface area contributed by atoms with Crippen LogP contribution in [0.25, 0.3) is 0 Å². The van der Waals surface area contributed by atoms with E-state index in [9.17, 15) is 9.90 Å². The highest BCUT2D eigenvalue weighted by Crippen LogP contribution is 2.37. The molecule has 1 aromatic heterocycles. The Morgan fingerprint density at radius 3 is 2.81 bits per heavy atom. The first-order valence-corrected chi connectivity index (χ1v) is 6.22. The second kappa shape index (κ2) is 4.89. The van der Waals surface area contributed by atoms with Gasteiger partial charge in [0.15, 0.2) is 0 Å². The van der Waals surface area contributed by atoms with Crippen molar-refractivity contribution in [2.45, 2.75) is 6.04 Å². The number of nitrogens with one attached hydrogen (secondary N) is 1. The van der Waals surface area contributed by atoms with Gasteiger partial charge in [0, 0.05) is 5.70 Å². The summed E-state index contributed by atoms with van der Waals surface area (Å²) in [6.45, 7) is 3.87. The van der Waals surface area contributed by atoms with E-state index in [1.54, 1.807) is 24.3 Å². The highest BCUT2D eigenvalue weighted by atomic mass is 16.5. The van der Waals surface area contributed by atoms with Gasteiger partial charge in [0.05, 0.1) is 7.11 Å². The number of phenolic OH excluding ortho intramolecular Hbond substituents is 1. The second-order valence-electron chi connectivity index (χ2n) is 4.63. The molecule has 1 aliphatic heterocycles. The fourth-order valence-electron chi connectivity index (χ4n) is 2.42. The number of carbonyl (C=O) groups excluding carboxylic acids is 1. The number of rotatable bonds is 2. The van der Waals surface area contributed by atoms with E-state index in [2.05, 4.69) is 27.4 Å². The molecule has 2 N–H and O–H groups in total. The molecule has 0 saturated heterocycles. The number of tetrazole rings is 1. The third-order valence-corrected chi connectivity index (χ3v) is 3.41. The molecule has 108 valence electrons. The third-order valence-electron chi connectivity index (χ3n) is 3.41. The molecule has 0 amide bonds. The molecule has 2 unspecified atom stereocenters. The van der Waals surface area contributed by atoms with Crippen molar-refractivity contribution in [3.63, 3.8) is 0 Å². The number of benzene rings is 1. The molecule has 0 aliphatic carbocycles. The molecule has 8 nitrogen and oxygen atoms in total. The SMILES string of the molecule is C=C1Nc2nnnn2C(c2ccc(O)cc2)C1C(=O)OC. The Hall–Kier alpha value is -2.90. The van der Waals surface area contributed by atoms with Crippen LogP contribution in [0, 0.1) is 5.92 Å². The van der Waals surface area contributed by atoms with E-state index < -0.39 is 17.9 Å². The number of anilines is 1. The summed E-state index contributed by atoms with van der Waals surface area (Å²) in [6.07, 6.45) is 0. The van der Waals surface area contributed by atoms with Crippen molar-refractivity contribution >= 4 is 11.9 Å². The van der Waals surface area contributed by atoms with E-state index in [1.165, 1.54) is 11.8 Å². The van der Waals surface area contributed by atoms with Gasteiger partial charge in [0.2, 0.25) is 5.95 Å².